The van der Waals surface area contributed by atoms with Gasteiger partial charge in [0, 0.05) is 25.0 Å². The van der Waals surface area contributed by atoms with Gasteiger partial charge in [0.2, 0.25) is 0 Å². The molecule has 16 heavy (non-hydrogen) atoms. The van der Waals surface area contributed by atoms with E-state index < -0.39 is 9.84 Å². The van der Waals surface area contributed by atoms with Gasteiger partial charge in [-0.15, -0.1) is 0 Å². The summed E-state index contributed by atoms with van der Waals surface area (Å²) in [6, 6.07) is 3.93. The van der Waals surface area contributed by atoms with Gasteiger partial charge in [-0.05, 0) is 18.6 Å². The van der Waals surface area contributed by atoms with Crippen molar-refractivity contribution in [2.24, 2.45) is 0 Å². The van der Waals surface area contributed by atoms with Crippen LogP contribution in [0.2, 0.25) is 0 Å². The van der Waals surface area contributed by atoms with E-state index in [0.717, 1.165) is 18.1 Å². The zero-order valence-electron chi connectivity index (χ0n) is 9.10. The van der Waals surface area contributed by atoms with E-state index in [1.807, 2.05) is 12.1 Å². The lowest BCUT2D eigenvalue weighted by Crippen LogP contribution is -2.34. The second-order valence-corrected chi connectivity index (χ2v) is 6.30. The van der Waals surface area contributed by atoms with Gasteiger partial charge in [0.25, 0.3) is 0 Å². The number of pyridine rings is 1. The fourth-order valence-corrected chi connectivity index (χ4v) is 2.38. The molecule has 0 aliphatic carbocycles. The first kappa shape index (κ1) is 11.2. The molecule has 0 amide bonds. The van der Waals surface area contributed by atoms with E-state index >= 15 is 0 Å². The maximum absolute atomic E-state index is 11.1. The maximum Gasteiger partial charge on any atom is 0.149 e. The topological polar surface area (TPSA) is 71.1 Å². The molecule has 0 fully saturated rings. The summed E-state index contributed by atoms with van der Waals surface area (Å²) < 4.78 is 22.1. The quantitative estimate of drug-likeness (QED) is 0.816. The molecular weight excluding hydrogens is 226 g/mol. The van der Waals surface area contributed by atoms with Crippen molar-refractivity contribution >= 4 is 21.3 Å². The minimum absolute atomic E-state index is 0.122. The van der Waals surface area contributed by atoms with E-state index in [2.05, 4.69) is 15.6 Å². The third kappa shape index (κ3) is 2.85. The van der Waals surface area contributed by atoms with E-state index in [-0.39, 0.29) is 11.8 Å². The smallest absolute Gasteiger partial charge is 0.149 e. The van der Waals surface area contributed by atoms with Crippen LogP contribution in [0.5, 0.6) is 0 Å². The van der Waals surface area contributed by atoms with Crippen LogP contribution in [0.4, 0.5) is 11.5 Å². The fourth-order valence-electron chi connectivity index (χ4n) is 1.67. The number of anilines is 2. The zero-order chi connectivity index (χ0) is 11.6. The molecule has 0 aromatic carbocycles. The van der Waals surface area contributed by atoms with Crippen LogP contribution in [-0.4, -0.2) is 38.0 Å². The van der Waals surface area contributed by atoms with Crippen molar-refractivity contribution in [2.45, 2.75) is 12.5 Å². The standard InChI is InChI=1S/C10H15N3O2S/c1-16(14,15)6-4-8-7-12-9-3-2-5-11-10(9)13-8/h2-3,5,8,12H,4,6-7H2,1H3,(H,11,13). The lowest BCUT2D eigenvalue weighted by atomic mass is 10.1. The second kappa shape index (κ2) is 4.29. The normalized spacial score (nSPS) is 19.4. The number of sulfone groups is 1. The number of fused-ring (bicyclic) bond motifs is 1. The molecule has 0 spiro atoms. The van der Waals surface area contributed by atoms with Crippen molar-refractivity contribution in [2.75, 3.05) is 29.2 Å². The molecule has 88 valence electrons. The van der Waals surface area contributed by atoms with Gasteiger partial charge in [0.1, 0.15) is 15.7 Å². The summed E-state index contributed by atoms with van der Waals surface area (Å²) in [7, 11) is -2.89. The van der Waals surface area contributed by atoms with Crippen molar-refractivity contribution in [3.63, 3.8) is 0 Å². The highest BCUT2D eigenvalue weighted by atomic mass is 32.2. The summed E-state index contributed by atoms with van der Waals surface area (Å²) in [5.74, 6) is 1.00. The summed E-state index contributed by atoms with van der Waals surface area (Å²) >= 11 is 0. The number of nitrogens with one attached hydrogen (secondary N) is 2. The van der Waals surface area contributed by atoms with E-state index in [4.69, 9.17) is 0 Å². The fraction of sp³-hybridized carbons (Fsp3) is 0.500. The number of hydrogen-bond acceptors (Lipinski definition) is 5. The van der Waals surface area contributed by atoms with Crippen LogP contribution in [0, 0.1) is 0 Å². The highest BCUT2D eigenvalue weighted by molar-refractivity contribution is 7.90. The molecule has 0 bridgehead atoms. The number of hydrogen-bond donors (Lipinski definition) is 2. The molecule has 2 rings (SSSR count). The van der Waals surface area contributed by atoms with Gasteiger partial charge >= 0.3 is 0 Å². The summed E-state index contributed by atoms with van der Waals surface area (Å²) in [4.78, 5) is 4.19. The number of aromatic nitrogens is 1. The van der Waals surface area contributed by atoms with Crippen LogP contribution >= 0.6 is 0 Å². The summed E-state index contributed by atoms with van der Waals surface area (Å²) in [5, 5.41) is 6.46. The van der Waals surface area contributed by atoms with Crippen LogP contribution < -0.4 is 10.6 Å². The number of nitrogens with zero attached hydrogens (tertiary/aromatic N) is 1. The average molecular weight is 241 g/mol. The van der Waals surface area contributed by atoms with E-state index in [0.29, 0.717) is 6.42 Å². The average Bonchev–Trinajstić information content (AvgIpc) is 2.25. The van der Waals surface area contributed by atoms with Crippen LogP contribution in [0.15, 0.2) is 18.3 Å². The van der Waals surface area contributed by atoms with Crippen LogP contribution in [-0.2, 0) is 9.84 Å². The summed E-state index contributed by atoms with van der Waals surface area (Å²) in [6.45, 7) is 0.730. The molecule has 1 aromatic rings. The second-order valence-electron chi connectivity index (χ2n) is 4.04. The molecule has 1 aliphatic rings. The van der Waals surface area contributed by atoms with E-state index in [9.17, 15) is 8.42 Å². The van der Waals surface area contributed by atoms with Gasteiger partial charge < -0.3 is 10.6 Å². The first-order chi connectivity index (χ1) is 7.54. The predicted molar refractivity (Wildman–Crippen MR) is 64.5 cm³/mol. The number of rotatable bonds is 3. The van der Waals surface area contributed by atoms with Crippen LogP contribution in [0.3, 0.4) is 0 Å². The Kier molecular flexibility index (Phi) is 3.00. The molecule has 5 nitrogen and oxygen atoms in total. The van der Waals surface area contributed by atoms with Gasteiger partial charge in [-0.2, -0.15) is 0 Å². The van der Waals surface area contributed by atoms with Gasteiger partial charge in [-0.1, -0.05) is 0 Å². The lowest BCUT2D eigenvalue weighted by molar-refractivity contribution is 0.593. The Morgan fingerprint density at radius 1 is 1.56 bits per heavy atom. The summed E-state index contributed by atoms with van der Waals surface area (Å²) in [6.07, 6.45) is 3.57. The summed E-state index contributed by atoms with van der Waals surface area (Å²) in [5.41, 5.74) is 0.970. The van der Waals surface area contributed by atoms with E-state index in [1.165, 1.54) is 6.26 Å². The Labute approximate surface area is 95.2 Å². The molecule has 1 atom stereocenters. The molecule has 1 aromatic heterocycles. The highest BCUT2D eigenvalue weighted by Gasteiger charge is 2.18. The minimum atomic E-state index is -2.89. The minimum Gasteiger partial charge on any atom is -0.380 e. The van der Waals surface area contributed by atoms with Crippen molar-refractivity contribution in [3.05, 3.63) is 18.3 Å². The Bertz CT molecular complexity index is 473. The third-order valence-corrected chi connectivity index (χ3v) is 3.50. The van der Waals surface area contributed by atoms with Crippen LogP contribution in [0.25, 0.3) is 0 Å². The predicted octanol–water partition coefficient (Wildman–Crippen LogP) is 0.722. The molecule has 1 aliphatic heterocycles. The first-order valence-corrected chi connectivity index (χ1v) is 7.24. The molecule has 0 saturated carbocycles. The molecule has 1 unspecified atom stereocenters. The van der Waals surface area contributed by atoms with Crippen molar-refractivity contribution in [3.8, 4) is 0 Å². The van der Waals surface area contributed by atoms with Gasteiger partial charge in [-0.25, -0.2) is 13.4 Å². The molecule has 0 saturated heterocycles. The van der Waals surface area contributed by atoms with Crippen LogP contribution in [0.1, 0.15) is 6.42 Å². The maximum atomic E-state index is 11.1. The molecule has 0 radical (unpaired) electrons. The monoisotopic (exact) mass is 241 g/mol. The van der Waals surface area contributed by atoms with Gasteiger partial charge in [0.05, 0.1) is 11.4 Å². The Hall–Kier alpha value is -1.30. The van der Waals surface area contributed by atoms with Crippen molar-refractivity contribution in [1.29, 1.82) is 0 Å². The largest absolute Gasteiger partial charge is 0.380 e. The molecule has 6 heteroatoms. The van der Waals surface area contributed by atoms with E-state index in [1.54, 1.807) is 6.20 Å². The SMILES string of the molecule is CS(=O)(=O)CCC1CNc2cccnc2N1. The highest BCUT2D eigenvalue weighted by Crippen LogP contribution is 2.23. The molecule has 2 heterocycles. The molecule has 2 N–H and O–H groups in total. The van der Waals surface area contributed by atoms with Gasteiger partial charge in [0.15, 0.2) is 0 Å². The Morgan fingerprint density at radius 3 is 3.12 bits per heavy atom. The third-order valence-electron chi connectivity index (χ3n) is 2.52. The first-order valence-electron chi connectivity index (χ1n) is 5.18. The van der Waals surface area contributed by atoms with Crippen molar-refractivity contribution < 1.29 is 8.42 Å². The van der Waals surface area contributed by atoms with Gasteiger partial charge in [-0.3, -0.25) is 0 Å². The zero-order valence-corrected chi connectivity index (χ0v) is 9.92. The Balaban J connectivity index is 1.98. The molecular formula is C10H15N3O2S. The van der Waals surface area contributed by atoms with Crippen molar-refractivity contribution in [1.82, 2.24) is 4.98 Å². The lowest BCUT2D eigenvalue weighted by Gasteiger charge is -2.27. The Morgan fingerprint density at radius 2 is 2.38 bits per heavy atom.